The highest BCUT2D eigenvalue weighted by Gasteiger charge is 2.29. The number of carbonyl (C=O) groups is 1. The molecular weight excluding hydrogens is 290 g/mol. The number of nitrogens with zero attached hydrogens (tertiary/aromatic N) is 1. The SMILES string of the molecule is CN(C(=O)OC(C)(C)C)[C@H]1CC[C@H](c2ccc(CO)cc2)CC1. The number of hydrogen-bond donors (Lipinski definition) is 1. The molecule has 0 aromatic heterocycles. The van der Waals surface area contributed by atoms with Gasteiger partial charge in [0.25, 0.3) is 0 Å². The molecule has 4 nitrogen and oxygen atoms in total. The molecule has 4 heteroatoms. The van der Waals surface area contributed by atoms with E-state index in [-0.39, 0.29) is 18.7 Å². The normalized spacial score (nSPS) is 21.8. The zero-order valence-electron chi connectivity index (χ0n) is 14.7. The van der Waals surface area contributed by atoms with Crippen LogP contribution >= 0.6 is 0 Å². The molecule has 1 fully saturated rings. The van der Waals surface area contributed by atoms with Crippen molar-refractivity contribution >= 4 is 6.09 Å². The lowest BCUT2D eigenvalue weighted by atomic mass is 9.81. The molecule has 23 heavy (non-hydrogen) atoms. The Bertz CT molecular complexity index is 510. The van der Waals surface area contributed by atoms with E-state index in [2.05, 4.69) is 12.1 Å². The number of aliphatic hydroxyl groups is 1. The van der Waals surface area contributed by atoms with Gasteiger partial charge in [0.2, 0.25) is 0 Å². The van der Waals surface area contributed by atoms with Gasteiger partial charge in [-0.05, 0) is 63.5 Å². The van der Waals surface area contributed by atoms with Gasteiger partial charge in [-0.15, -0.1) is 0 Å². The lowest BCUT2D eigenvalue weighted by Gasteiger charge is -2.35. The molecular formula is C19H29NO3. The van der Waals surface area contributed by atoms with Gasteiger partial charge in [-0.3, -0.25) is 0 Å². The Morgan fingerprint density at radius 1 is 1.17 bits per heavy atom. The van der Waals surface area contributed by atoms with Gasteiger partial charge in [-0.1, -0.05) is 24.3 Å². The van der Waals surface area contributed by atoms with E-state index in [1.165, 1.54) is 5.56 Å². The van der Waals surface area contributed by atoms with Gasteiger partial charge < -0.3 is 14.7 Å². The quantitative estimate of drug-likeness (QED) is 0.913. The van der Waals surface area contributed by atoms with Gasteiger partial charge in [0.05, 0.1) is 6.61 Å². The van der Waals surface area contributed by atoms with Crippen LogP contribution in [0, 0.1) is 0 Å². The number of aliphatic hydroxyl groups excluding tert-OH is 1. The molecule has 2 rings (SSSR count). The van der Waals surface area contributed by atoms with Crippen LogP contribution in [0.4, 0.5) is 4.79 Å². The first kappa shape index (κ1) is 17.8. The molecule has 1 aliphatic carbocycles. The van der Waals surface area contributed by atoms with Gasteiger partial charge in [-0.2, -0.15) is 0 Å². The summed E-state index contributed by atoms with van der Waals surface area (Å²) in [4.78, 5) is 13.9. The van der Waals surface area contributed by atoms with Crippen LogP contribution in [0.25, 0.3) is 0 Å². The van der Waals surface area contributed by atoms with Gasteiger partial charge in [0, 0.05) is 13.1 Å². The van der Waals surface area contributed by atoms with Crippen molar-refractivity contribution in [2.45, 2.75) is 70.6 Å². The highest BCUT2D eigenvalue weighted by Crippen LogP contribution is 2.34. The highest BCUT2D eigenvalue weighted by atomic mass is 16.6. The van der Waals surface area contributed by atoms with Crippen molar-refractivity contribution in [2.24, 2.45) is 0 Å². The minimum absolute atomic E-state index is 0.0910. The second-order valence-corrected chi connectivity index (χ2v) is 7.50. The Morgan fingerprint density at radius 2 is 1.74 bits per heavy atom. The number of amides is 1. The van der Waals surface area contributed by atoms with E-state index >= 15 is 0 Å². The van der Waals surface area contributed by atoms with E-state index in [0.29, 0.717) is 5.92 Å². The smallest absolute Gasteiger partial charge is 0.410 e. The third-order valence-electron chi connectivity index (χ3n) is 4.56. The Kier molecular flexibility index (Phi) is 5.69. The summed E-state index contributed by atoms with van der Waals surface area (Å²) < 4.78 is 5.45. The molecule has 0 atom stereocenters. The molecule has 0 heterocycles. The van der Waals surface area contributed by atoms with Crippen LogP contribution in [-0.2, 0) is 11.3 Å². The molecule has 0 saturated heterocycles. The second kappa shape index (κ2) is 7.35. The second-order valence-electron chi connectivity index (χ2n) is 7.50. The van der Waals surface area contributed by atoms with Crippen molar-refractivity contribution in [1.29, 1.82) is 0 Å². The fraction of sp³-hybridized carbons (Fsp3) is 0.632. The molecule has 1 amide bonds. The average Bonchev–Trinajstić information content (AvgIpc) is 2.53. The summed E-state index contributed by atoms with van der Waals surface area (Å²) in [6.07, 6.45) is 3.94. The number of benzene rings is 1. The minimum Gasteiger partial charge on any atom is -0.444 e. The molecule has 1 aromatic rings. The van der Waals surface area contributed by atoms with Crippen molar-refractivity contribution in [3.63, 3.8) is 0 Å². The van der Waals surface area contributed by atoms with E-state index in [9.17, 15) is 4.79 Å². The molecule has 1 N–H and O–H groups in total. The maximum atomic E-state index is 12.2. The number of carbonyl (C=O) groups excluding carboxylic acids is 1. The fourth-order valence-corrected chi connectivity index (χ4v) is 3.17. The molecule has 128 valence electrons. The predicted molar refractivity (Wildman–Crippen MR) is 91.4 cm³/mol. The van der Waals surface area contributed by atoms with E-state index in [4.69, 9.17) is 9.84 Å². The summed E-state index contributed by atoms with van der Waals surface area (Å²) in [5.74, 6) is 0.547. The molecule has 0 unspecified atom stereocenters. The van der Waals surface area contributed by atoms with Crippen molar-refractivity contribution in [3.05, 3.63) is 35.4 Å². The Hall–Kier alpha value is -1.55. The third-order valence-corrected chi connectivity index (χ3v) is 4.56. The zero-order valence-corrected chi connectivity index (χ0v) is 14.7. The van der Waals surface area contributed by atoms with Gasteiger partial charge in [0.15, 0.2) is 0 Å². The molecule has 0 spiro atoms. The van der Waals surface area contributed by atoms with Crippen LogP contribution in [0.3, 0.4) is 0 Å². The first-order valence-corrected chi connectivity index (χ1v) is 8.45. The Labute approximate surface area is 139 Å². The lowest BCUT2D eigenvalue weighted by molar-refractivity contribution is 0.0183. The van der Waals surface area contributed by atoms with Crippen LogP contribution in [-0.4, -0.2) is 34.8 Å². The van der Waals surface area contributed by atoms with Crippen molar-refractivity contribution < 1.29 is 14.6 Å². The number of rotatable bonds is 3. The summed E-state index contributed by atoms with van der Waals surface area (Å²) in [7, 11) is 1.84. The molecule has 1 saturated carbocycles. The fourth-order valence-electron chi connectivity index (χ4n) is 3.17. The third kappa shape index (κ3) is 4.96. The lowest BCUT2D eigenvalue weighted by Crippen LogP contribution is -2.42. The monoisotopic (exact) mass is 319 g/mol. The minimum atomic E-state index is -0.447. The van der Waals surface area contributed by atoms with Crippen LogP contribution in [0.2, 0.25) is 0 Å². The van der Waals surface area contributed by atoms with Gasteiger partial charge >= 0.3 is 6.09 Å². The Morgan fingerprint density at radius 3 is 2.22 bits per heavy atom. The summed E-state index contributed by atoms with van der Waals surface area (Å²) in [6, 6.07) is 8.49. The summed E-state index contributed by atoms with van der Waals surface area (Å²) in [5, 5.41) is 9.12. The first-order chi connectivity index (χ1) is 10.8. The van der Waals surface area contributed by atoms with Crippen LogP contribution in [0.5, 0.6) is 0 Å². The summed E-state index contributed by atoms with van der Waals surface area (Å²) >= 11 is 0. The maximum Gasteiger partial charge on any atom is 0.410 e. The number of ether oxygens (including phenoxy) is 1. The molecule has 0 bridgehead atoms. The highest BCUT2D eigenvalue weighted by molar-refractivity contribution is 5.68. The molecule has 1 aromatic carbocycles. The van der Waals surface area contributed by atoms with Crippen molar-refractivity contribution in [3.8, 4) is 0 Å². The van der Waals surface area contributed by atoms with E-state index in [1.807, 2.05) is 40.0 Å². The number of hydrogen-bond acceptors (Lipinski definition) is 3. The van der Waals surface area contributed by atoms with Crippen LogP contribution in [0.15, 0.2) is 24.3 Å². The van der Waals surface area contributed by atoms with Crippen molar-refractivity contribution in [2.75, 3.05) is 7.05 Å². The topological polar surface area (TPSA) is 49.8 Å². The standard InChI is InChI=1S/C19H29NO3/c1-19(2,3)23-18(22)20(4)17-11-9-16(10-12-17)15-7-5-14(13-21)6-8-15/h5-8,16-17,21H,9-13H2,1-4H3/t16-,17-. The summed E-state index contributed by atoms with van der Waals surface area (Å²) in [6.45, 7) is 5.77. The first-order valence-electron chi connectivity index (χ1n) is 8.45. The zero-order chi connectivity index (χ0) is 17.0. The maximum absolute atomic E-state index is 12.2. The molecule has 0 radical (unpaired) electrons. The van der Waals surface area contributed by atoms with E-state index in [0.717, 1.165) is 31.2 Å². The van der Waals surface area contributed by atoms with Crippen molar-refractivity contribution in [1.82, 2.24) is 4.90 Å². The summed E-state index contributed by atoms with van der Waals surface area (Å²) in [5.41, 5.74) is 1.84. The van der Waals surface area contributed by atoms with E-state index in [1.54, 1.807) is 4.90 Å². The van der Waals surface area contributed by atoms with E-state index < -0.39 is 5.60 Å². The average molecular weight is 319 g/mol. The van der Waals surface area contributed by atoms with Gasteiger partial charge in [-0.25, -0.2) is 4.79 Å². The molecule has 1 aliphatic rings. The largest absolute Gasteiger partial charge is 0.444 e. The Balaban J connectivity index is 1.88. The van der Waals surface area contributed by atoms with Crippen LogP contribution < -0.4 is 0 Å². The van der Waals surface area contributed by atoms with Gasteiger partial charge in [0.1, 0.15) is 5.60 Å². The van der Waals surface area contributed by atoms with Crippen LogP contribution in [0.1, 0.15) is 63.5 Å². The molecule has 0 aliphatic heterocycles. The predicted octanol–water partition coefficient (Wildman–Crippen LogP) is 4.07.